The van der Waals surface area contributed by atoms with Crippen molar-refractivity contribution in [3.05, 3.63) is 61.1 Å². The maximum atomic E-state index is 13.0. The highest BCUT2D eigenvalue weighted by atomic mass is 35.5. The number of aryl methyl sites for hydroxylation is 2. The first-order chi connectivity index (χ1) is 14.4. The van der Waals surface area contributed by atoms with E-state index in [1.165, 1.54) is 20.3 Å². The van der Waals surface area contributed by atoms with Crippen LogP contribution < -0.4 is 16.6 Å². The molecule has 4 rings (SSSR count). The molecule has 10 heteroatoms. The highest BCUT2D eigenvalue weighted by molar-refractivity contribution is 7.17. The van der Waals surface area contributed by atoms with E-state index in [-0.39, 0.29) is 17.9 Å². The third kappa shape index (κ3) is 3.54. The predicted molar refractivity (Wildman–Crippen MR) is 119 cm³/mol. The number of benzene rings is 1. The van der Waals surface area contributed by atoms with Crippen LogP contribution in [0, 0.1) is 6.92 Å². The van der Waals surface area contributed by atoms with E-state index in [2.05, 4.69) is 10.4 Å². The summed E-state index contributed by atoms with van der Waals surface area (Å²) < 4.78 is 4.50. The first-order valence-corrected chi connectivity index (χ1v) is 10.8. The molecule has 0 unspecified atom stereocenters. The number of anilines is 1. The molecule has 0 saturated heterocycles. The lowest BCUT2D eigenvalue weighted by Gasteiger charge is -2.06. The van der Waals surface area contributed by atoms with Crippen LogP contribution in [-0.2, 0) is 17.9 Å². The minimum atomic E-state index is -0.462. The topological polar surface area (TPSA) is 90.4 Å². The number of nitrogens with zero attached hydrogens (tertiary/aromatic N) is 4. The molecule has 4 aromatic rings. The molecule has 156 valence electrons. The third-order valence-electron chi connectivity index (χ3n) is 4.87. The largest absolute Gasteiger partial charge is 0.352 e. The second kappa shape index (κ2) is 8.08. The third-order valence-corrected chi connectivity index (χ3v) is 6.17. The number of rotatable bonds is 6. The Labute approximate surface area is 180 Å². The summed E-state index contributed by atoms with van der Waals surface area (Å²) >= 11 is 7.39. The molecule has 1 amide bonds. The minimum Gasteiger partial charge on any atom is -0.324 e. The Bertz CT molecular complexity index is 1380. The number of nitrogens with one attached hydrogen (secondary N) is 1. The molecule has 0 atom stereocenters. The van der Waals surface area contributed by atoms with Crippen LogP contribution in [0.1, 0.15) is 25.3 Å². The molecule has 1 N–H and O–H groups in total. The van der Waals surface area contributed by atoms with Gasteiger partial charge in [-0.05, 0) is 42.5 Å². The lowest BCUT2D eigenvalue weighted by Crippen LogP contribution is -2.29. The lowest BCUT2D eigenvalue weighted by molar-refractivity contribution is -0.117. The maximum Gasteiger partial charge on any atom is 0.352 e. The Morgan fingerprint density at radius 3 is 2.80 bits per heavy atom. The second-order valence-corrected chi connectivity index (χ2v) is 8.36. The summed E-state index contributed by atoms with van der Waals surface area (Å²) in [6.07, 6.45) is 1.68. The summed E-state index contributed by atoms with van der Waals surface area (Å²) in [7, 11) is 0. The summed E-state index contributed by atoms with van der Waals surface area (Å²) in [4.78, 5) is 38.4. The number of carbonyl (C=O) groups is 1. The van der Waals surface area contributed by atoms with Crippen molar-refractivity contribution in [2.75, 3.05) is 5.32 Å². The van der Waals surface area contributed by atoms with Crippen LogP contribution in [0.3, 0.4) is 0 Å². The van der Waals surface area contributed by atoms with E-state index in [1.807, 2.05) is 13.8 Å². The SMILES string of the molecule is CCCCn1c(=O)c2sccc2n2c(=O)n(CC(=O)Nc3ccc(C)c(Cl)c3)nc12. The van der Waals surface area contributed by atoms with Gasteiger partial charge in [0.2, 0.25) is 11.7 Å². The Morgan fingerprint density at radius 2 is 2.07 bits per heavy atom. The first kappa shape index (κ1) is 20.4. The van der Waals surface area contributed by atoms with Gasteiger partial charge in [0.05, 0.1) is 5.52 Å². The van der Waals surface area contributed by atoms with Gasteiger partial charge in [-0.1, -0.05) is 31.0 Å². The molecule has 0 fully saturated rings. The number of unbranched alkanes of at least 4 members (excludes halogenated alkanes) is 1. The van der Waals surface area contributed by atoms with Crippen LogP contribution >= 0.6 is 22.9 Å². The molecule has 0 saturated carbocycles. The van der Waals surface area contributed by atoms with Gasteiger partial charge in [-0.25, -0.2) is 13.9 Å². The molecule has 0 aliphatic heterocycles. The fourth-order valence-corrected chi connectivity index (χ4v) is 4.27. The number of carbonyl (C=O) groups excluding carboxylic acids is 1. The van der Waals surface area contributed by atoms with Gasteiger partial charge in [0.15, 0.2) is 0 Å². The van der Waals surface area contributed by atoms with Crippen molar-refractivity contribution in [3.63, 3.8) is 0 Å². The van der Waals surface area contributed by atoms with Crippen LogP contribution in [0.15, 0.2) is 39.2 Å². The molecule has 0 spiro atoms. The Hall–Kier alpha value is -2.91. The second-order valence-electron chi connectivity index (χ2n) is 7.03. The highest BCUT2D eigenvalue weighted by Gasteiger charge is 2.19. The summed E-state index contributed by atoms with van der Waals surface area (Å²) in [5.41, 5.74) is 1.31. The monoisotopic (exact) mass is 445 g/mol. The van der Waals surface area contributed by atoms with Crippen molar-refractivity contribution in [2.24, 2.45) is 0 Å². The molecule has 0 aliphatic carbocycles. The number of amides is 1. The van der Waals surface area contributed by atoms with E-state index < -0.39 is 11.6 Å². The fourth-order valence-electron chi connectivity index (χ4n) is 3.26. The Morgan fingerprint density at radius 1 is 1.27 bits per heavy atom. The van der Waals surface area contributed by atoms with Crippen LogP contribution in [0.4, 0.5) is 5.69 Å². The molecule has 0 aliphatic rings. The Kier molecular flexibility index (Phi) is 5.48. The average Bonchev–Trinajstić information content (AvgIpc) is 3.30. The van der Waals surface area contributed by atoms with Gasteiger partial charge in [0.1, 0.15) is 11.2 Å². The quantitative estimate of drug-likeness (QED) is 0.493. The zero-order valence-corrected chi connectivity index (χ0v) is 18.1. The zero-order valence-electron chi connectivity index (χ0n) is 16.5. The molecule has 0 bridgehead atoms. The van der Waals surface area contributed by atoms with Gasteiger partial charge in [0, 0.05) is 17.3 Å². The van der Waals surface area contributed by atoms with Gasteiger partial charge in [-0.2, -0.15) is 0 Å². The number of thiophene rings is 1. The zero-order chi connectivity index (χ0) is 21.4. The molecular weight excluding hydrogens is 426 g/mol. The number of aromatic nitrogens is 4. The minimum absolute atomic E-state index is 0.170. The predicted octanol–water partition coefficient (Wildman–Crippen LogP) is 3.27. The van der Waals surface area contributed by atoms with E-state index >= 15 is 0 Å². The molecule has 8 nitrogen and oxygen atoms in total. The van der Waals surface area contributed by atoms with E-state index in [9.17, 15) is 14.4 Å². The van der Waals surface area contributed by atoms with Crippen molar-refractivity contribution in [1.82, 2.24) is 18.7 Å². The van der Waals surface area contributed by atoms with Crippen molar-refractivity contribution >= 4 is 50.5 Å². The van der Waals surface area contributed by atoms with Gasteiger partial charge in [-0.3, -0.25) is 14.2 Å². The number of hydrogen-bond donors (Lipinski definition) is 1. The van der Waals surface area contributed by atoms with Crippen molar-refractivity contribution in [2.45, 2.75) is 39.8 Å². The first-order valence-electron chi connectivity index (χ1n) is 9.56. The smallest absolute Gasteiger partial charge is 0.324 e. The summed E-state index contributed by atoms with van der Waals surface area (Å²) in [6, 6.07) is 6.91. The Balaban J connectivity index is 1.73. The standard InChI is InChI=1S/C20H20ClN5O3S/c1-3-4-8-24-18(28)17-15(7-9-30-17)26-19(24)23-25(20(26)29)11-16(27)22-13-6-5-12(2)14(21)10-13/h5-7,9-10H,3-4,8,11H2,1-2H3,(H,22,27). The van der Waals surface area contributed by atoms with Crippen molar-refractivity contribution in [3.8, 4) is 0 Å². The summed E-state index contributed by atoms with van der Waals surface area (Å²) in [5.74, 6) is -0.167. The van der Waals surface area contributed by atoms with E-state index in [0.29, 0.717) is 27.5 Å². The van der Waals surface area contributed by atoms with Crippen molar-refractivity contribution in [1.29, 1.82) is 0 Å². The lowest BCUT2D eigenvalue weighted by atomic mass is 10.2. The van der Waals surface area contributed by atoms with E-state index in [4.69, 9.17) is 11.6 Å². The van der Waals surface area contributed by atoms with Gasteiger partial charge >= 0.3 is 5.69 Å². The molecule has 3 aromatic heterocycles. The fraction of sp³-hybridized carbons (Fsp3) is 0.300. The van der Waals surface area contributed by atoms with E-state index in [1.54, 1.807) is 29.6 Å². The number of fused-ring (bicyclic) bond motifs is 3. The maximum absolute atomic E-state index is 13.0. The molecule has 0 radical (unpaired) electrons. The van der Waals surface area contributed by atoms with Crippen LogP contribution in [-0.4, -0.2) is 24.7 Å². The van der Waals surface area contributed by atoms with Crippen molar-refractivity contribution < 1.29 is 4.79 Å². The summed E-state index contributed by atoms with van der Waals surface area (Å²) in [6.45, 7) is 4.07. The average molecular weight is 446 g/mol. The highest BCUT2D eigenvalue weighted by Crippen LogP contribution is 2.20. The van der Waals surface area contributed by atoms with E-state index in [0.717, 1.165) is 23.1 Å². The van der Waals surface area contributed by atoms with Gasteiger partial charge < -0.3 is 5.32 Å². The van der Waals surface area contributed by atoms with Crippen LogP contribution in [0.25, 0.3) is 16.0 Å². The molecule has 3 heterocycles. The summed E-state index contributed by atoms with van der Waals surface area (Å²) in [5, 5.41) is 9.35. The normalized spacial score (nSPS) is 11.4. The molecule has 1 aromatic carbocycles. The van der Waals surface area contributed by atoms with Gasteiger partial charge in [0.25, 0.3) is 5.56 Å². The van der Waals surface area contributed by atoms with Crippen LogP contribution in [0.2, 0.25) is 5.02 Å². The molecule has 30 heavy (non-hydrogen) atoms. The number of halogens is 1. The van der Waals surface area contributed by atoms with Crippen LogP contribution in [0.5, 0.6) is 0 Å². The van der Waals surface area contributed by atoms with Gasteiger partial charge in [-0.15, -0.1) is 16.4 Å². The molecular formula is C20H20ClN5O3S. The number of hydrogen-bond acceptors (Lipinski definition) is 5.